The zero-order chi connectivity index (χ0) is 16.5. The minimum Gasteiger partial charge on any atom is -0.481 e. The number of benzene rings is 1. The quantitative estimate of drug-likeness (QED) is 0.572. The van der Waals surface area contributed by atoms with Crippen LogP contribution in [0.4, 0.5) is 0 Å². The molecular weight excluding hydrogens is 284 g/mol. The molecule has 1 aliphatic carbocycles. The highest BCUT2D eigenvalue weighted by molar-refractivity contribution is 5.70. The van der Waals surface area contributed by atoms with E-state index in [1.165, 1.54) is 56.1 Å². The van der Waals surface area contributed by atoms with E-state index >= 15 is 0 Å². The molecule has 1 N–H and O–H groups in total. The van der Waals surface area contributed by atoms with Crippen molar-refractivity contribution in [3.8, 4) is 0 Å². The maximum absolute atomic E-state index is 11.0. The maximum Gasteiger partial charge on any atom is 0.306 e. The zero-order valence-corrected chi connectivity index (χ0v) is 14.6. The van der Waals surface area contributed by atoms with E-state index in [9.17, 15) is 4.79 Å². The molecule has 0 heterocycles. The van der Waals surface area contributed by atoms with Gasteiger partial charge < -0.3 is 5.11 Å². The Morgan fingerprint density at radius 1 is 0.957 bits per heavy atom. The molecule has 0 atom stereocenters. The lowest BCUT2D eigenvalue weighted by Crippen LogP contribution is -2.20. The van der Waals surface area contributed by atoms with E-state index in [-0.39, 0.29) is 5.92 Å². The van der Waals surface area contributed by atoms with Crippen LogP contribution in [0, 0.1) is 5.92 Å². The number of aliphatic carboxylic acids is 1. The van der Waals surface area contributed by atoms with Crippen molar-refractivity contribution in [3.63, 3.8) is 0 Å². The molecule has 23 heavy (non-hydrogen) atoms. The van der Waals surface area contributed by atoms with E-state index in [1.54, 1.807) is 0 Å². The zero-order valence-electron chi connectivity index (χ0n) is 14.6. The summed E-state index contributed by atoms with van der Waals surface area (Å²) in [5, 5.41) is 9.08. The molecule has 0 bridgehead atoms. The molecule has 1 saturated carbocycles. The minimum atomic E-state index is -0.613. The first-order valence-electron chi connectivity index (χ1n) is 9.52. The Bertz CT molecular complexity index is 455. The first kappa shape index (κ1) is 18.0. The Balaban J connectivity index is 1.71. The summed E-state index contributed by atoms with van der Waals surface area (Å²) in [6.07, 6.45) is 13.0. The molecule has 2 heteroatoms. The second-order valence-corrected chi connectivity index (χ2v) is 7.15. The molecule has 1 aliphatic rings. The van der Waals surface area contributed by atoms with Crippen molar-refractivity contribution in [3.05, 3.63) is 35.4 Å². The molecule has 1 aromatic rings. The lowest BCUT2D eigenvalue weighted by Gasteiger charge is -2.26. The third kappa shape index (κ3) is 6.01. The number of rotatable bonds is 9. The number of unbranched alkanes of at least 4 members (excludes halogenated alkanes) is 5. The third-order valence-electron chi connectivity index (χ3n) is 5.35. The van der Waals surface area contributed by atoms with E-state index in [1.807, 2.05) is 0 Å². The van der Waals surface area contributed by atoms with Crippen molar-refractivity contribution in [2.75, 3.05) is 0 Å². The van der Waals surface area contributed by atoms with Crippen LogP contribution in [0.25, 0.3) is 0 Å². The molecule has 0 aliphatic heterocycles. The van der Waals surface area contributed by atoms with Gasteiger partial charge in [0, 0.05) is 0 Å². The first-order chi connectivity index (χ1) is 11.2. The molecule has 0 radical (unpaired) electrons. The van der Waals surface area contributed by atoms with Gasteiger partial charge in [0.15, 0.2) is 0 Å². The standard InChI is InChI=1S/C21H32O2/c1-2-3-4-5-6-7-8-17-9-11-18(12-10-17)19-13-15-20(16-14-19)21(22)23/h9-12,19-20H,2-8,13-16H2,1H3,(H,22,23)/t19-,20-. The lowest BCUT2D eigenvalue weighted by molar-refractivity contribution is -0.142. The lowest BCUT2D eigenvalue weighted by atomic mass is 9.78. The predicted octanol–water partition coefficient (Wildman–Crippen LogP) is 5.95. The molecular formula is C21H32O2. The fraction of sp³-hybridized carbons (Fsp3) is 0.667. The fourth-order valence-electron chi connectivity index (χ4n) is 3.74. The van der Waals surface area contributed by atoms with Gasteiger partial charge in [-0.3, -0.25) is 4.79 Å². The largest absolute Gasteiger partial charge is 0.481 e. The highest BCUT2D eigenvalue weighted by atomic mass is 16.4. The number of carbonyl (C=O) groups is 1. The molecule has 1 fully saturated rings. The van der Waals surface area contributed by atoms with E-state index in [0.29, 0.717) is 5.92 Å². The summed E-state index contributed by atoms with van der Waals surface area (Å²) >= 11 is 0. The van der Waals surface area contributed by atoms with Gasteiger partial charge in [-0.05, 0) is 55.6 Å². The average molecular weight is 316 g/mol. The van der Waals surface area contributed by atoms with Gasteiger partial charge in [-0.25, -0.2) is 0 Å². The van der Waals surface area contributed by atoms with Crippen LogP contribution in [-0.2, 0) is 11.2 Å². The molecule has 1 aromatic carbocycles. The Morgan fingerprint density at radius 3 is 2.17 bits per heavy atom. The number of carboxylic acid groups (broad SMARTS) is 1. The van der Waals surface area contributed by atoms with Crippen molar-refractivity contribution in [2.24, 2.45) is 5.92 Å². The Morgan fingerprint density at radius 2 is 1.57 bits per heavy atom. The van der Waals surface area contributed by atoms with Gasteiger partial charge in [0.25, 0.3) is 0 Å². The van der Waals surface area contributed by atoms with Crippen LogP contribution in [0.5, 0.6) is 0 Å². The molecule has 0 aromatic heterocycles. The molecule has 0 amide bonds. The predicted molar refractivity (Wildman–Crippen MR) is 95.9 cm³/mol. The molecule has 0 saturated heterocycles. The summed E-state index contributed by atoms with van der Waals surface area (Å²) < 4.78 is 0. The Labute approximate surface area is 141 Å². The van der Waals surface area contributed by atoms with Crippen LogP contribution < -0.4 is 0 Å². The number of hydrogen-bond acceptors (Lipinski definition) is 1. The van der Waals surface area contributed by atoms with Gasteiger partial charge in [0.05, 0.1) is 5.92 Å². The molecule has 0 spiro atoms. The maximum atomic E-state index is 11.0. The number of hydrogen-bond donors (Lipinski definition) is 1. The van der Waals surface area contributed by atoms with Crippen molar-refractivity contribution >= 4 is 5.97 Å². The third-order valence-corrected chi connectivity index (χ3v) is 5.35. The highest BCUT2D eigenvalue weighted by Gasteiger charge is 2.26. The SMILES string of the molecule is CCCCCCCCc1ccc([C@H]2CC[C@H](C(=O)O)CC2)cc1. The van der Waals surface area contributed by atoms with Gasteiger partial charge in [-0.1, -0.05) is 63.3 Å². The van der Waals surface area contributed by atoms with Crippen LogP contribution >= 0.6 is 0 Å². The average Bonchev–Trinajstić information content (AvgIpc) is 2.58. The second kappa shape index (κ2) is 9.75. The molecule has 128 valence electrons. The molecule has 2 rings (SSSR count). The van der Waals surface area contributed by atoms with Crippen molar-refractivity contribution < 1.29 is 9.90 Å². The summed E-state index contributed by atoms with van der Waals surface area (Å²) in [6.45, 7) is 2.26. The monoisotopic (exact) mass is 316 g/mol. The molecule has 2 nitrogen and oxygen atoms in total. The summed E-state index contributed by atoms with van der Waals surface area (Å²) in [6, 6.07) is 9.12. The van der Waals surface area contributed by atoms with E-state index < -0.39 is 5.97 Å². The smallest absolute Gasteiger partial charge is 0.306 e. The van der Waals surface area contributed by atoms with Gasteiger partial charge in [0.2, 0.25) is 0 Å². The second-order valence-electron chi connectivity index (χ2n) is 7.15. The van der Waals surface area contributed by atoms with Crippen LogP contribution in [0.2, 0.25) is 0 Å². The van der Waals surface area contributed by atoms with Gasteiger partial charge in [-0.15, -0.1) is 0 Å². The highest BCUT2D eigenvalue weighted by Crippen LogP contribution is 2.35. The summed E-state index contributed by atoms with van der Waals surface area (Å²) in [7, 11) is 0. The Kier molecular flexibility index (Phi) is 7.64. The number of aryl methyl sites for hydroxylation is 1. The summed E-state index contributed by atoms with van der Waals surface area (Å²) in [5.74, 6) is -0.162. The van der Waals surface area contributed by atoms with E-state index in [2.05, 4.69) is 31.2 Å². The van der Waals surface area contributed by atoms with Gasteiger partial charge in [0.1, 0.15) is 0 Å². The first-order valence-corrected chi connectivity index (χ1v) is 9.52. The molecule has 0 unspecified atom stereocenters. The van der Waals surface area contributed by atoms with Crippen LogP contribution in [0.1, 0.15) is 88.2 Å². The van der Waals surface area contributed by atoms with E-state index in [0.717, 1.165) is 25.7 Å². The van der Waals surface area contributed by atoms with Gasteiger partial charge in [-0.2, -0.15) is 0 Å². The van der Waals surface area contributed by atoms with Crippen LogP contribution in [0.15, 0.2) is 24.3 Å². The van der Waals surface area contributed by atoms with E-state index in [4.69, 9.17) is 5.11 Å². The van der Waals surface area contributed by atoms with Crippen LogP contribution in [0.3, 0.4) is 0 Å². The minimum absolute atomic E-state index is 0.113. The Hall–Kier alpha value is -1.31. The fourth-order valence-corrected chi connectivity index (χ4v) is 3.74. The normalized spacial score (nSPS) is 21.3. The topological polar surface area (TPSA) is 37.3 Å². The summed E-state index contributed by atoms with van der Waals surface area (Å²) in [5.41, 5.74) is 2.85. The van der Waals surface area contributed by atoms with Crippen molar-refractivity contribution in [2.45, 2.75) is 83.5 Å². The van der Waals surface area contributed by atoms with Crippen LogP contribution in [-0.4, -0.2) is 11.1 Å². The van der Waals surface area contributed by atoms with Crippen molar-refractivity contribution in [1.29, 1.82) is 0 Å². The summed E-state index contributed by atoms with van der Waals surface area (Å²) in [4.78, 5) is 11.0. The van der Waals surface area contributed by atoms with Crippen molar-refractivity contribution in [1.82, 2.24) is 0 Å². The number of carboxylic acids is 1. The van der Waals surface area contributed by atoms with Gasteiger partial charge >= 0.3 is 5.97 Å².